The summed E-state index contributed by atoms with van der Waals surface area (Å²) in [4.78, 5) is 22.7. The summed E-state index contributed by atoms with van der Waals surface area (Å²) in [6, 6.07) is 24.1. The van der Waals surface area contributed by atoms with Crippen LogP contribution in [0.3, 0.4) is 0 Å². The average Bonchev–Trinajstić information content (AvgIpc) is 2.88. The molecule has 0 saturated carbocycles. The first-order chi connectivity index (χ1) is 17.0. The summed E-state index contributed by atoms with van der Waals surface area (Å²) in [5.74, 6) is 1.06. The van der Waals surface area contributed by atoms with Gasteiger partial charge in [0, 0.05) is 24.2 Å². The number of rotatable bonds is 6. The number of halogens is 1. The molecule has 1 aliphatic rings. The van der Waals surface area contributed by atoms with E-state index in [0.717, 1.165) is 22.6 Å². The van der Waals surface area contributed by atoms with E-state index in [1.807, 2.05) is 66.4 Å². The number of hydrogen-bond acceptors (Lipinski definition) is 5. The highest BCUT2D eigenvalue weighted by molar-refractivity contribution is 5.58. The average molecular weight is 471 g/mol. The molecule has 7 heteroatoms. The first kappa shape index (κ1) is 22.8. The van der Waals surface area contributed by atoms with Crippen LogP contribution in [0.2, 0.25) is 0 Å². The number of fused-ring (bicyclic) bond motifs is 1. The zero-order chi connectivity index (χ0) is 24.4. The molecule has 1 aliphatic heterocycles. The Labute approximate surface area is 203 Å². The molecule has 0 spiro atoms. The SMILES string of the molecule is COc1ccc(CN2CN(c3ccc(F)cc3)c3nc(C)c(Cc4ccccc4)c(=O)n3C2)cc1. The van der Waals surface area contributed by atoms with Gasteiger partial charge >= 0.3 is 0 Å². The van der Waals surface area contributed by atoms with E-state index in [1.165, 1.54) is 12.1 Å². The molecule has 0 amide bonds. The lowest BCUT2D eigenvalue weighted by atomic mass is 10.1. The predicted molar refractivity (Wildman–Crippen MR) is 134 cm³/mol. The second-order valence-corrected chi connectivity index (χ2v) is 8.74. The minimum absolute atomic E-state index is 0.0529. The van der Waals surface area contributed by atoms with Crippen molar-refractivity contribution in [1.29, 1.82) is 0 Å². The number of benzene rings is 3. The maximum Gasteiger partial charge on any atom is 0.259 e. The summed E-state index contributed by atoms with van der Waals surface area (Å²) in [6.07, 6.45) is 0.522. The molecule has 0 saturated heterocycles. The summed E-state index contributed by atoms with van der Waals surface area (Å²) >= 11 is 0. The van der Waals surface area contributed by atoms with Crippen LogP contribution < -0.4 is 15.2 Å². The Hall–Kier alpha value is -3.97. The molecule has 0 bridgehead atoms. The Morgan fingerprint density at radius 2 is 1.63 bits per heavy atom. The van der Waals surface area contributed by atoms with E-state index >= 15 is 0 Å². The number of hydrogen-bond donors (Lipinski definition) is 0. The van der Waals surface area contributed by atoms with E-state index in [-0.39, 0.29) is 11.4 Å². The van der Waals surface area contributed by atoms with Crippen molar-refractivity contribution in [2.45, 2.75) is 26.6 Å². The molecule has 178 valence electrons. The van der Waals surface area contributed by atoms with Crippen molar-refractivity contribution in [1.82, 2.24) is 14.5 Å². The van der Waals surface area contributed by atoms with E-state index in [2.05, 4.69) is 4.90 Å². The van der Waals surface area contributed by atoms with Crippen molar-refractivity contribution < 1.29 is 9.13 Å². The van der Waals surface area contributed by atoms with Crippen LogP contribution in [0.1, 0.15) is 22.4 Å². The van der Waals surface area contributed by atoms with Crippen LogP contribution in [-0.4, -0.2) is 28.2 Å². The van der Waals surface area contributed by atoms with Gasteiger partial charge in [0.2, 0.25) is 5.95 Å². The number of ether oxygens (including phenoxy) is 1. The van der Waals surface area contributed by atoms with E-state index in [0.29, 0.717) is 43.5 Å². The molecule has 5 rings (SSSR count). The molecule has 0 N–H and O–H groups in total. The minimum atomic E-state index is -0.305. The Balaban J connectivity index is 1.54. The third-order valence-corrected chi connectivity index (χ3v) is 6.30. The molecule has 4 aromatic rings. The van der Waals surface area contributed by atoms with Crippen molar-refractivity contribution >= 4 is 11.6 Å². The molecule has 35 heavy (non-hydrogen) atoms. The van der Waals surface area contributed by atoms with Gasteiger partial charge in [-0.25, -0.2) is 9.37 Å². The Morgan fingerprint density at radius 3 is 2.31 bits per heavy atom. The summed E-state index contributed by atoms with van der Waals surface area (Å²) in [7, 11) is 1.64. The van der Waals surface area contributed by atoms with Crippen molar-refractivity contribution in [3.8, 4) is 5.75 Å². The summed E-state index contributed by atoms with van der Waals surface area (Å²) in [5.41, 5.74) is 4.29. The maximum atomic E-state index is 13.7. The standard InChI is InChI=1S/C28H27FN4O2/c1-20-26(16-21-6-4-3-5-7-21)27(34)33-19-31(17-22-8-14-25(35-2)15-9-22)18-32(28(33)30-20)24-12-10-23(29)11-13-24/h3-15H,16-19H2,1-2H3. The van der Waals surface area contributed by atoms with Crippen LogP contribution >= 0.6 is 0 Å². The lowest BCUT2D eigenvalue weighted by molar-refractivity contribution is 0.189. The molecular weight excluding hydrogens is 443 g/mol. The Kier molecular flexibility index (Phi) is 6.33. The first-order valence-corrected chi connectivity index (χ1v) is 11.5. The lowest BCUT2D eigenvalue weighted by Gasteiger charge is -2.38. The Bertz CT molecular complexity index is 1370. The molecule has 0 aliphatic carbocycles. The number of aromatic nitrogens is 2. The maximum absolute atomic E-state index is 13.7. The first-order valence-electron chi connectivity index (χ1n) is 11.5. The fraction of sp³-hybridized carbons (Fsp3) is 0.214. The Morgan fingerprint density at radius 1 is 0.914 bits per heavy atom. The van der Waals surface area contributed by atoms with E-state index < -0.39 is 0 Å². The smallest absolute Gasteiger partial charge is 0.259 e. The highest BCUT2D eigenvalue weighted by atomic mass is 19.1. The van der Waals surface area contributed by atoms with Gasteiger partial charge in [-0.1, -0.05) is 42.5 Å². The fourth-order valence-electron chi connectivity index (χ4n) is 4.44. The van der Waals surface area contributed by atoms with Crippen LogP contribution in [0.5, 0.6) is 5.75 Å². The molecule has 0 fully saturated rings. The fourth-order valence-corrected chi connectivity index (χ4v) is 4.44. The highest BCUT2D eigenvalue weighted by Gasteiger charge is 2.28. The van der Waals surface area contributed by atoms with Crippen LogP contribution in [0, 0.1) is 12.7 Å². The highest BCUT2D eigenvalue weighted by Crippen LogP contribution is 2.29. The van der Waals surface area contributed by atoms with E-state index in [1.54, 1.807) is 23.8 Å². The minimum Gasteiger partial charge on any atom is -0.497 e. The van der Waals surface area contributed by atoms with Crippen LogP contribution in [-0.2, 0) is 19.6 Å². The van der Waals surface area contributed by atoms with Crippen molar-refractivity contribution in [2.24, 2.45) is 0 Å². The summed E-state index contributed by atoms with van der Waals surface area (Å²) in [6.45, 7) is 3.44. The lowest BCUT2D eigenvalue weighted by Crippen LogP contribution is -2.47. The molecule has 1 aromatic heterocycles. The van der Waals surface area contributed by atoms with Gasteiger partial charge in [-0.15, -0.1) is 0 Å². The third kappa shape index (κ3) is 4.81. The summed E-state index contributed by atoms with van der Waals surface area (Å²) < 4.78 is 20.7. The van der Waals surface area contributed by atoms with Gasteiger partial charge in [0.15, 0.2) is 0 Å². The quantitative estimate of drug-likeness (QED) is 0.403. The number of anilines is 2. The molecule has 0 radical (unpaired) electrons. The van der Waals surface area contributed by atoms with Crippen molar-refractivity contribution in [3.63, 3.8) is 0 Å². The summed E-state index contributed by atoms with van der Waals surface area (Å²) in [5, 5.41) is 0. The van der Waals surface area contributed by atoms with Gasteiger partial charge in [-0.05, 0) is 54.4 Å². The molecular formula is C28H27FN4O2. The molecule has 3 aromatic carbocycles. The predicted octanol–water partition coefficient (Wildman–Crippen LogP) is 4.86. The largest absolute Gasteiger partial charge is 0.497 e. The van der Waals surface area contributed by atoms with Crippen LogP contribution in [0.4, 0.5) is 16.0 Å². The molecule has 6 nitrogen and oxygen atoms in total. The van der Waals surface area contributed by atoms with Gasteiger partial charge in [-0.3, -0.25) is 19.2 Å². The number of aryl methyl sites for hydroxylation is 1. The topological polar surface area (TPSA) is 50.6 Å². The molecule has 0 unspecified atom stereocenters. The molecule has 2 heterocycles. The van der Waals surface area contributed by atoms with Crippen LogP contribution in [0.25, 0.3) is 0 Å². The van der Waals surface area contributed by atoms with Crippen LogP contribution in [0.15, 0.2) is 83.7 Å². The number of nitrogens with zero attached hydrogens (tertiary/aromatic N) is 4. The third-order valence-electron chi connectivity index (χ3n) is 6.30. The zero-order valence-electron chi connectivity index (χ0n) is 19.8. The van der Waals surface area contributed by atoms with Gasteiger partial charge in [0.05, 0.1) is 26.1 Å². The number of methoxy groups -OCH3 is 1. The normalized spacial score (nSPS) is 13.5. The van der Waals surface area contributed by atoms with Crippen molar-refractivity contribution in [2.75, 3.05) is 18.7 Å². The van der Waals surface area contributed by atoms with E-state index in [4.69, 9.17) is 9.72 Å². The van der Waals surface area contributed by atoms with Gasteiger partial charge in [0.25, 0.3) is 5.56 Å². The van der Waals surface area contributed by atoms with E-state index in [9.17, 15) is 9.18 Å². The second-order valence-electron chi connectivity index (χ2n) is 8.74. The molecule has 0 atom stereocenters. The second kappa shape index (κ2) is 9.72. The van der Waals surface area contributed by atoms with Crippen molar-refractivity contribution in [3.05, 3.63) is 117 Å². The zero-order valence-corrected chi connectivity index (χ0v) is 19.8. The van der Waals surface area contributed by atoms with Gasteiger partial charge in [-0.2, -0.15) is 0 Å². The monoisotopic (exact) mass is 470 g/mol. The van der Waals surface area contributed by atoms with Gasteiger partial charge < -0.3 is 4.74 Å². The van der Waals surface area contributed by atoms with Gasteiger partial charge in [0.1, 0.15) is 11.6 Å².